The molecule has 0 saturated carbocycles. The highest BCUT2D eigenvalue weighted by Gasteiger charge is 2.12. The molecule has 0 atom stereocenters. The Hall–Kier alpha value is -1.86. The van der Waals surface area contributed by atoms with Gasteiger partial charge in [-0.05, 0) is 30.9 Å². The summed E-state index contributed by atoms with van der Waals surface area (Å²) in [7, 11) is 0. The number of thioether (sulfide) groups is 1. The van der Waals surface area contributed by atoms with Crippen LogP contribution in [0.5, 0.6) is 0 Å². The second kappa shape index (κ2) is 11.1. The molecule has 2 aromatic rings. The van der Waals surface area contributed by atoms with Gasteiger partial charge in [-0.2, -0.15) is 0 Å². The number of aromatic nitrogens is 2. The molecule has 0 saturated heterocycles. The second-order valence-corrected chi connectivity index (χ2v) is 7.74. The maximum atomic E-state index is 12.7. The first-order chi connectivity index (χ1) is 13.0. The molecule has 0 spiro atoms. The number of carbonyl (C=O) groups excluding carboxylic acids is 1. The van der Waals surface area contributed by atoms with E-state index >= 15 is 0 Å². The fourth-order valence-corrected chi connectivity index (χ4v) is 3.40. The topological polar surface area (TPSA) is 73.2 Å². The zero-order valence-electron chi connectivity index (χ0n) is 16.4. The molecule has 0 aliphatic carbocycles. The number of fused-ring (bicyclic) bond motifs is 1. The van der Waals surface area contributed by atoms with Gasteiger partial charge < -0.3 is 10.1 Å². The molecular formula is C20H29N3O3S. The second-order valence-electron chi connectivity index (χ2n) is 6.80. The lowest BCUT2D eigenvalue weighted by molar-refractivity contribution is -0.118. The Morgan fingerprint density at radius 2 is 2.07 bits per heavy atom. The van der Waals surface area contributed by atoms with Crippen LogP contribution in [-0.2, 0) is 16.1 Å². The third-order valence-electron chi connectivity index (χ3n) is 4.01. The molecule has 0 bridgehead atoms. The average Bonchev–Trinajstić information content (AvgIpc) is 2.65. The Kier molecular flexibility index (Phi) is 8.81. The molecule has 2 rings (SSSR count). The van der Waals surface area contributed by atoms with Gasteiger partial charge in [-0.25, -0.2) is 4.98 Å². The molecule has 0 aliphatic heterocycles. The molecule has 148 valence electrons. The van der Waals surface area contributed by atoms with E-state index in [4.69, 9.17) is 4.74 Å². The summed E-state index contributed by atoms with van der Waals surface area (Å²) in [5.74, 6) is 0.754. The largest absolute Gasteiger partial charge is 0.380 e. The van der Waals surface area contributed by atoms with Gasteiger partial charge in [-0.1, -0.05) is 44.7 Å². The first-order valence-corrected chi connectivity index (χ1v) is 10.5. The van der Waals surface area contributed by atoms with Crippen molar-refractivity contribution in [3.05, 3.63) is 34.6 Å². The summed E-state index contributed by atoms with van der Waals surface area (Å²) in [5, 5.41) is 4.04. The van der Waals surface area contributed by atoms with Gasteiger partial charge in [-0.3, -0.25) is 14.2 Å². The molecule has 0 radical (unpaired) electrons. The third-order valence-corrected chi connectivity index (χ3v) is 4.99. The summed E-state index contributed by atoms with van der Waals surface area (Å²) in [6.07, 6.45) is 1.85. The number of hydrogen-bond donors (Lipinski definition) is 1. The summed E-state index contributed by atoms with van der Waals surface area (Å²) >= 11 is 1.30. The standard InChI is InChI=1S/C20H29N3O3S/c1-4-11-23-19(25)16-7-5-6-8-17(16)22-20(23)27-14-18(24)21-10-13-26-12-9-15(2)3/h5-8,15H,4,9-14H2,1-3H3,(H,21,24). The fourth-order valence-electron chi connectivity index (χ4n) is 2.54. The summed E-state index contributed by atoms with van der Waals surface area (Å²) in [5.41, 5.74) is 0.611. The lowest BCUT2D eigenvalue weighted by Gasteiger charge is -2.12. The predicted octanol–water partition coefficient (Wildman–Crippen LogP) is 3.08. The number of rotatable bonds is 11. The zero-order chi connectivity index (χ0) is 19.6. The number of amides is 1. The molecule has 1 N–H and O–H groups in total. The number of benzene rings is 1. The smallest absolute Gasteiger partial charge is 0.262 e. The lowest BCUT2D eigenvalue weighted by Crippen LogP contribution is -2.29. The Morgan fingerprint density at radius 3 is 2.81 bits per heavy atom. The van der Waals surface area contributed by atoms with E-state index in [1.54, 1.807) is 10.6 Å². The monoisotopic (exact) mass is 391 g/mol. The highest BCUT2D eigenvalue weighted by atomic mass is 32.2. The van der Waals surface area contributed by atoms with Gasteiger partial charge in [0, 0.05) is 19.7 Å². The first-order valence-electron chi connectivity index (χ1n) is 9.49. The first kappa shape index (κ1) is 21.4. The van der Waals surface area contributed by atoms with E-state index in [2.05, 4.69) is 24.1 Å². The van der Waals surface area contributed by atoms with Crippen molar-refractivity contribution < 1.29 is 9.53 Å². The zero-order valence-corrected chi connectivity index (χ0v) is 17.2. The molecule has 1 amide bonds. The predicted molar refractivity (Wildman–Crippen MR) is 110 cm³/mol. The average molecular weight is 392 g/mol. The highest BCUT2D eigenvalue weighted by Crippen LogP contribution is 2.17. The summed E-state index contributed by atoms with van der Waals surface area (Å²) in [4.78, 5) is 29.4. The fraction of sp³-hybridized carbons (Fsp3) is 0.550. The van der Waals surface area contributed by atoms with Crippen LogP contribution in [0, 0.1) is 5.92 Å². The van der Waals surface area contributed by atoms with Crippen LogP contribution >= 0.6 is 11.8 Å². The van der Waals surface area contributed by atoms with Crippen LogP contribution in [0.4, 0.5) is 0 Å². The van der Waals surface area contributed by atoms with Gasteiger partial charge in [0.05, 0.1) is 23.3 Å². The van der Waals surface area contributed by atoms with E-state index < -0.39 is 0 Å². The van der Waals surface area contributed by atoms with E-state index in [0.717, 1.165) is 12.8 Å². The summed E-state index contributed by atoms with van der Waals surface area (Å²) in [6, 6.07) is 7.31. The highest BCUT2D eigenvalue weighted by molar-refractivity contribution is 7.99. The van der Waals surface area contributed by atoms with Crippen LogP contribution in [0.15, 0.2) is 34.2 Å². The van der Waals surface area contributed by atoms with Gasteiger partial charge in [0.15, 0.2) is 5.16 Å². The number of ether oxygens (including phenoxy) is 1. The molecule has 0 unspecified atom stereocenters. The van der Waals surface area contributed by atoms with E-state index in [9.17, 15) is 9.59 Å². The maximum Gasteiger partial charge on any atom is 0.262 e. The Bertz CT molecular complexity index is 805. The molecule has 1 aromatic carbocycles. The minimum atomic E-state index is -0.0853. The Morgan fingerprint density at radius 1 is 1.30 bits per heavy atom. The number of nitrogens with zero attached hydrogens (tertiary/aromatic N) is 2. The molecule has 1 heterocycles. The van der Waals surface area contributed by atoms with Crippen LogP contribution in [-0.4, -0.2) is 41.0 Å². The SMILES string of the molecule is CCCn1c(SCC(=O)NCCOCCC(C)C)nc2ccccc2c1=O. The summed E-state index contributed by atoms with van der Waals surface area (Å²) < 4.78 is 7.16. The maximum absolute atomic E-state index is 12.7. The lowest BCUT2D eigenvalue weighted by atomic mass is 10.1. The van der Waals surface area contributed by atoms with Crippen LogP contribution in [0.2, 0.25) is 0 Å². The van der Waals surface area contributed by atoms with Gasteiger partial charge in [0.1, 0.15) is 0 Å². The quantitative estimate of drug-likeness (QED) is 0.362. The van der Waals surface area contributed by atoms with Crippen LogP contribution < -0.4 is 10.9 Å². The number of hydrogen-bond acceptors (Lipinski definition) is 5. The van der Waals surface area contributed by atoms with Crippen molar-refractivity contribution in [1.82, 2.24) is 14.9 Å². The minimum Gasteiger partial charge on any atom is -0.380 e. The van der Waals surface area contributed by atoms with Crippen molar-refractivity contribution in [1.29, 1.82) is 0 Å². The van der Waals surface area contributed by atoms with E-state index in [-0.39, 0.29) is 17.2 Å². The van der Waals surface area contributed by atoms with Gasteiger partial charge >= 0.3 is 0 Å². The van der Waals surface area contributed by atoms with Crippen molar-refractivity contribution >= 4 is 28.6 Å². The van der Waals surface area contributed by atoms with Crippen LogP contribution in [0.1, 0.15) is 33.6 Å². The van der Waals surface area contributed by atoms with E-state index in [0.29, 0.717) is 48.3 Å². The number of nitrogens with one attached hydrogen (secondary N) is 1. The van der Waals surface area contributed by atoms with Crippen molar-refractivity contribution in [2.75, 3.05) is 25.5 Å². The normalized spacial score (nSPS) is 11.3. The molecule has 0 aliphatic rings. The van der Waals surface area contributed by atoms with Crippen molar-refractivity contribution in [3.63, 3.8) is 0 Å². The molecule has 6 nitrogen and oxygen atoms in total. The molecular weight excluding hydrogens is 362 g/mol. The number of para-hydroxylation sites is 1. The molecule has 0 fully saturated rings. The molecule has 27 heavy (non-hydrogen) atoms. The van der Waals surface area contributed by atoms with Crippen molar-refractivity contribution in [2.45, 2.75) is 45.3 Å². The van der Waals surface area contributed by atoms with Crippen LogP contribution in [0.25, 0.3) is 10.9 Å². The Labute approximate surface area is 164 Å². The van der Waals surface area contributed by atoms with Crippen molar-refractivity contribution in [2.24, 2.45) is 5.92 Å². The molecule has 7 heteroatoms. The Balaban J connectivity index is 1.91. The van der Waals surface area contributed by atoms with Gasteiger partial charge in [0.25, 0.3) is 5.56 Å². The van der Waals surface area contributed by atoms with Gasteiger partial charge in [-0.15, -0.1) is 0 Å². The van der Waals surface area contributed by atoms with Gasteiger partial charge in [0.2, 0.25) is 5.91 Å². The number of carbonyl (C=O) groups is 1. The third kappa shape index (κ3) is 6.66. The van der Waals surface area contributed by atoms with Crippen LogP contribution in [0.3, 0.4) is 0 Å². The van der Waals surface area contributed by atoms with E-state index in [1.807, 2.05) is 25.1 Å². The summed E-state index contributed by atoms with van der Waals surface area (Å²) in [6.45, 7) is 8.63. The van der Waals surface area contributed by atoms with Crippen molar-refractivity contribution in [3.8, 4) is 0 Å². The minimum absolute atomic E-state index is 0.0519. The molecule has 1 aromatic heterocycles. The van der Waals surface area contributed by atoms with E-state index in [1.165, 1.54) is 11.8 Å².